The van der Waals surface area contributed by atoms with Crippen LogP contribution in [-0.4, -0.2) is 19.1 Å². The van der Waals surface area contributed by atoms with Gasteiger partial charge in [0.15, 0.2) is 3.24 Å². The Balaban J connectivity index is 1.88. The summed E-state index contributed by atoms with van der Waals surface area (Å²) in [5.74, 6) is 0.280. The molecule has 1 unspecified atom stereocenters. The summed E-state index contributed by atoms with van der Waals surface area (Å²) >= 11 is 19.2. The molecule has 1 aliphatic carbocycles. The zero-order chi connectivity index (χ0) is 20.7. The maximum atomic E-state index is 12.4. The van der Waals surface area contributed by atoms with Gasteiger partial charge in [-0.2, -0.15) is 0 Å². The van der Waals surface area contributed by atoms with Crippen LogP contribution in [0.1, 0.15) is 19.4 Å². The minimum atomic E-state index is -1.26. The summed E-state index contributed by atoms with van der Waals surface area (Å²) in [6, 6.07) is 17.0. The Kier molecular flexibility index (Phi) is 6.13. The van der Waals surface area contributed by atoms with Crippen LogP contribution in [0.3, 0.4) is 0 Å². The first kappa shape index (κ1) is 21.9. The third-order valence-electron chi connectivity index (χ3n) is 5.72. The van der Waals surface area contributed by atoms with Crippen molar-refractivity contribution < 1.29 is 14.6 Å². The van der Waals surface area contributed by atoms with E-state index in [9.17, 15) is 9.90 Å². The molecule has 0 bridgehead atoms. The summed E-state index contributed by atoms with van der Waals surface area (Å²) in [6.45, 7) is 3.88. The largest absolute Gasteiger partial charge is 0.481 e. The number of aliphatic carboxylic acids is 1. The van der Waals surface area contributed by atoms with E-state index in [0.29, 0.717) is 12.2 Å². The highest BCUT2D eigenvalue weighted by Crippen LogP contribution is 2.74. The van der Waals surface area contributed by atoms with Crippen LogP contribution < -0.4 is 4.74 Å². The molecule has 7 heteroatoms. The van der Waals surface area contributed by atoms with Crippen LogP contribution in [0.2, 0.25) is 0 Å². The first-order valence-electron chi connectivity index (χ1n) is 8.76. The normalized spacial score (nSPS) is 24.4. The molecule has 3 nitrogen and oxygen atoms in total. The molecule has 1 fully saturated rings. The van der Waals surface area contributed by atoms with Crippen molar-refractivity contribution in [2.75, 3.05) is 0 Å². The number of benzene rings is 2. The second-order valence-corrected chi connectivity index (χ2v) is 12.2. The maximum absolute atomic E-state index is 12.4. The van der Waals surface area contributed by atoms with Gasteiger partial charge in [-0.25, -0.2) is 0 Å². The van der Waals surface area contributed by atoms with Crippen LogP contribution in [0.4, 0.5) is 0 Å². The third kappa shape index (κ3) is 3.96. The fraction of sp³-hybridized carbons (Fsp3) is 0.381. The summed E-state index contributed by atoms with van der Waals surface area (Å²) in [7, 11) is 0. The van der Waals surface area contributed by atoms with E-state index in [1.54, 1.807) is 0 Å². The Labute approximate surface area is 191 Å². The van der Waals surface area contributed by atoms with Gasteiger partial charge in [-0.05, 0) is 63.5 Å². The van der Waals surface area contributed by atoms with Crippen molar-refractivity contribution in [2.24, 2.45) is 16.7 Å². The van der Waals surface area contributed by atoms with Gasteiger partial charge >= 0.3 is 5.97 Å². The van der Waals surface area contributed by atoms with Crippen molar-refractivity contribution >= 4 is 61.0 Å². The number of carbonyl (C=O) groups is 1. The van der Waals surface area contributed by atoms with Crippen LogP contribution in [-0.2, 0) is 11.2 Å². The number of rotatable bonds is 7. The smallest absolute Gasteiger partial charge is 0.310 e. The summed E-state index contributed by atoms with van der Waals surface area (Å²) in [5, 5.41) is 10.1. The predicted molar refractivity (Wildman–Crippen MR) is 120 cm³/mol. The van der Waals surface area contributed by atoms with Crippen molar-refractivity contribution in [3.63, 3.8) is 0 Å². The fourth-order valence-electron chi connectivity index (χ4n) is 4.19. The first-order chi connectivity index (χ1) is 13.0. The molecule has 3 atom stereocenters. The van der Waals surface area contributed by atoms with Crippen molar-refractivity contribution in [3.8, 4) is 11.5 Å². The molecular weight excluding hydrogens is 531 g/mol. The van der Waals surface area contributed by atoms with Crippen molar-refractivity contribution in [1.82, 2.24) is 0 Å². The van der Waals surface area contributed by atoms with Gasteiger partial charge in [-0.15, -0.1) is 0 Å². The number of hydrogen-bond donors (Lipinski definition) is 1. The lowest BCUT2D eigenvalue weighted by atomic mass is 9.88. The molecule has 0 aliphatic heterocycles. The summed E-state index contributed by atoms with van der Waals surface area (Å²) in [6.07, 6.45) is 0.352. The molecule has 0 radical (unpaired) electrons. The molecule has 1 aliphatic rings. The lowest BCUT2D eigenvalue weighted by molar-refractivity contribution is -0.145. The van der Waals surface area contributed by atoms with Gasteiger partial charge < -0.3 is 9.84 Å². The molecule has 3 rings (SSSR count). The van der Waals surface area contributed by atoms with Gasteiger partial charge in [0.05, 0.1) is 10.2 Å². The van der Waals surface area contributed by atoms with E-state index in [1.165, 1.54) is 0 Å². The number of carboxylic acids is 1. The molecule has 1 saturated carbocycles. The van der Waals surface area contributed by atoms with Crippen LogP contribution in [0, 0.1) is 16.7 Å². The van der Waals surface area contributed by atoms with Crippen molar-refractivity contribution in [1.29, 1.82) is 0 Å². The fourth-order valence-corrected chi connectivity index (χ4v) is 5.82. The van der Waals surface area contributed by atoms with Gasteiger partial charge in [0.1, 0.15) is 11.5 Å². The Morgan fingerprint density at radius 1 is 1.18 bits per heavy atom. The molecule has 28 heavy (non-hydrogen) atoms. The van der Waals surface area contributed by atoms with Crippen LogP contribution >= 0.6 is 55.1 Å². The molecular formula is C21H20Br2Cl2O3. The van der Waals surface area contributed by atoms with Crippen molar-refractivity contribution in [3.05, 3.63) is 60.2 Å². The zero-order valence-corrected chi connectivity index (χ0v) is 20.0. The number of para-hydroxylation sites is 1. The Morgan fingerprint density at radius 3 is 2.36 bits per heavy atom. The number of ether oxygens (including phenoxy) is 1. The third-order valence-corrected chi connectivity index (χ3v) is 9.04. The van der Waals surface area contributed by atoms with Gasteiger partial charge in [0.2, 0.25) is 0 Å². The molecule has 0 saturated heterocycles. The van der Waals surface area contributed by atoms with Gasteiger partial charge in [0, 0.05) is 0 Å². The van der Waals surface area contributed by atoms with E-state index in [2.05, 4.69) is 31.9 Å². The average molecular weight is 551 g/mol. The molecule has 2 aromatic rings. The lowest BCUT2D eigenvalue weighted by Crippen LogP contribution is -2.29. The zero-order valence-electron chi connectivity index (χ0n) is 15.3. The number of halogens is 4. The molecule has 0 aromatic heterocycles. The van der Waals surface area contributed by atoms with E-state index in [0.717, 1.165) is 11.3 Å². The molecule has 0 amide bonds. The topological polar surface area (TPSA) is 46.5 Å². The van der Waals surface area contributed by atoms with E-state index in [4.69, 9.17) is 27.9 Å². The Morgan fingerprint density at radius 2 is 1.79 bits per heavy atom. The average Bonchev–Trinajstić information content (AvgIpc) is 3.10. The predicted octanol–water partition coefficient (Wildman–Crippen LogP) is 7.04. The quantitative estimate of drug-likeness (QED) is 0.376. The van der Waals surface area contributed by atoms with E-state index >= 15 is 0 Å². The molecule has 0 spiro atoms. The lowest BCUT2D eigenvalue weighted by Gasteiger charge is -2.22. The van der Waals surface area contributed by atoms with E-state index in [-0.39, 0.29) is 5.92 Å². The maximum Gasteiger partial charge on any atom is 0.310 e. The minimum absolute atomic E-state index is 0.259. The Hall–Kier alpha value is -0.750. The highest BCUT2D eigenvalue weighted by atomic mass is 79.9. The van der Waals surface area contributed by atoms with E-state index in [1.807, 2.05) is 68.4 Å². The Bertz CT molecular complexity index is 867. The molecule has 0 heterocycles. The number of alkyl halides is 4. The number of carboxylic acid groups (broad SMARTS) is 1. The van der Waals surface area contributed by atoms with Gasteiger partial charge in [-0.1, -0.05) is 83.3 Å². The highest BCUT2D eigenvalue weighted by Gasteiger charge is 2.78. The molecule has 150 valence electrons. The summed E-state index contributed by atoms with van der Waals surface area (Å²) in [5.41, 5.74) is -0.600. The second-order valence-electron chi connectivity index (χ2n) is 7.66. The summed E-state index contributed by atoms with van der Waals surface area (Å²) < 4.78 is 4.63. The first-order valence-corrected chi connectivity index (χ1v) is 11.2. The monoisotopic (exact) mass is 548 g/mol. The standard InChI is InChI=1S/C21H20Br2Cl2O3/c1-19(2)16(17(22)21(23,24)25)20(19,18(26)27)12-13-7-6-10-15(11-13)28-14-8-4-3-5-9-14/h3-11,16-17H,12H2,1-2H3,(H,26,27)/t16?,17-,20+/m1/s1. The van der Waals surface area contributed by atoms with Crippen LogP contribution in [0.5, 0.6) is 11.5 Å². The van der Waals surface area contributed by atoms with Crippen molar-refractivity contribution in [2.45, 2.75) is 28.3 Å². The van der Waals surface area contributed by atoms with Gasteiger partial charge in [0.25, 0.3) is 0 Å². The summed E-state index contributed by atoms with van der Waals surface area (Å²) in [4.78, 5) is 11.9. The SMILES string of the molecule is CC1(C)C([C@@H](Br)C(Cl)(Cl)Br)[C@@]1(Cc1cccc(Oc2ccccc2)c1)C(=O)O. The molecule has 1 N–H and O–H groups in total. The highest BCUT2D eigenvalue weighted by molar-refractivity contribution is 9.13. The molecule has 2 aromatic carbocycles. The van der Waals surface area contributed by atoms with Crippen LogP contribution in [0.25, 0.3) is 0 Å². The van der Waals surface area contributed by atoms with E-state index < -0.39 is 24.9 Å². The minimum Gasteiger partial charge on any atom is -0.481 e. The second kappa shape index (κ2) is 7.82. The van der Waals surface area contributed by atoms with Gasteiger partial charge in [-0.3, -0.25) is 4.79 Å². The van der Waals surface area contributed by atoms with Crippen LogP contribution in [0.15, 0.2) is 54.6 Å². The number of hydrogen-bond acceptors (Lipinski definition) is 2.